The van der Waals surface area contributed by atoms with Gasteiger partial charge in [-0.3, -0.25) is 10.1 Å². The first-order chi connectivity index (χ1) is 11.3. The summed E-state index contributed by atoms with van der Waals surface area (Å²) in [5.41, 5.74) is 6.38. The second kappa shape index (κ2) is 7.10. The number of anilines is 2. The molecule has 1 fully saturated rings. The number of carbonyl (C=O) groups excluding carboxylic acids is 1. The van der Waals surface area contributed by atoms with Gasteiger partial charge < -0.3 is 10.6 Å². The maximum Gasteiger partial charge on any atom is 0.236 e. The second-order valence-corrected chi connectivity index (χ2v) is 5.36. The van der Waals surface area contributed by atoms with Crippen LogP contribution in [0.1, 0.15) is 24.5 Å². The maximum atomic E-state index is 11.6. The molecule has 3 rings (SSSR count). The predicted molar refractivity (Wildman–Crippen MR) is 85.0 cm³/mol. The van der Waals surface area contributed by atoms with Crippen LogP contribution in [0.15, 0.2) is 30.7 Å². The van der Waals surface area contributed by atoms with Crippen LogP contribution in [-0.4, -0.2) is 50.4 Å². The number of rotatable bonds is 4. The minimum atomic E-state index is 0.00900. The van der Waals surface area contributed by atoms with E-state index in [1.165, 1.54) is 0 Å². The normalized spacial score (nSPS) is 15.4. The van der Waals surface area contributed by atoms with Gasteiger partial charge in [-0.15, -0.1) is 0 Å². The smallest absolute Gasteiger partial charge is 0.236 e. The van der Waals surface area contributed by atoms with Crippen molar-refractivity contribution in [3.63, 3.8) is 0 Å². The van der Waals surface area contributed by atoms with Crippen LogP contribution in [-0.2, 0) is 4.79 Å². The van der Waals surface area contributed by atoms with Gasteiger partial charge in [-0.1, -0.05) is 0 Å². The molecule has 1 amide bonds. The monoisotopic (exact) mass is 313 g/mol. The van der Waals surface area contributed by atoms with Crippen molar-refractivity contribution in [3.8, 4) is 0 Å². The Hall–Kier alpha value is -2.61. The average Bonchev–Trinajstić information content (AvgIpc) is 2.62. The lowest BCUT2D eigenvalue weighted by molar-refractivity contribution is -0.130. The minimum Gasteiger partial charge on any atom is -0.342 e. The molecule has 0 unspecified atom stereocenters. The molecule has 0 atom stereocenters. The van der Waals surface area contributed by atoms with Crippen molar-refractivity contribution in [1.29, 1.82) is 0 Å². The summed E-state index contributed by atoms with van der Waals surface area (Å²) >= 11 is 0. The lowest BCUT2D eigenvalue weighted by Crippen LogP contribution is -2.41. The molecule has 8 heteroatoms. The molecular weight excluding hydrogens is 294 g/mol. The predicted octanol–water partition coefficient (Wildman–Crippen LogP) is 0.675. The van der Waals surface area contributed by atoms with E-state index in [0.717, 1.165) is 31.6 Å². The first kappa shape index (κ1) is 15.3. The summed E-state index contributed by atoms with van der Waals surface area (Å²) in [6, 6.07) is 3.67. The van der Waals surface area contributed by atoms with E-state index in [1.54, 1.807) is 24.7 Å². The Labute approximate surface area is 134 Å². The summed E-state index contributed by atoms with van der Waals surface area (Å²) in [5.74, 6) is 1.27. The standard InChI is InChI=1S/C15H19N7O/c16-10-13(23)22-8-3-11(4-9-22)12-2-7-19-15(20-12)21-14-17-5-1-6-18-14/h1-2,5-7,11H,3-4,8-10,16H2,(H,17,18,19,20,21). The summed E-state index contributed by atoms with van der Waals surface area (Å²) in [4.78, 5) is 30.4. The molecule has 0 spiro atoms. The first-order valence-electron chi connectivity index (χ1n) is 7.61. The zero-order valence-electron chi connectivity index (χ0n) is 12.7. The zero-order valence-corrected chi connectivity index (χ0v) is 12.7. The Morgan fingerprint density at radius 1 is 1.17 bits per heavy atom. The number of nitrogens with one attached hydrogen (secondary N) is 1. The molecule has 3 N–H and O–H groups in total. The first-order valence-corrected chi connectivity index (χ1v) is 7.61. The molecule has 23 heavy (non-hydrogen) atoms. The Bertz CT molecular complexity index is 656. The van der Waals surface area contributed by atoms with Gasteiger partial charge in [0.1, 0.15) is 0 Å². The highest BCUT2D eigenvalue weighted by Crippen LogP contribution is 2.27. The van der Waals surface area contributed by atoms with Crippen molar-refractivity contribution in [3.05, 3.63) is 36.4 Å². The van der Waals surface area contributed by atoms with Crippen LogP contribution >= 0.6 is 0 Å². The number of piperidine rings is 1. The number of likely N-dealkylation sites (tertiary alicyclic amines) is 1. The van der Waals surface area contributed by atoms with E-state index in [2.05, 4.69) is 25.3 Å². The highest BCUT2D eigenvalue weighted by atomic mass is 16.2. The fourth-order valence-electron chi connectivity index (χ4n) is 2.68. The van der Waals surface area contributed by atoms with E-state index >= 15 is 0 Å². The van der Waals surface area contributed by atoms with Crippen LogP contribution in [0, 0.1) is 0 Å². The molecule has 0 bridgehead atoms. The number of amides is 1. The van der Waals surface area contributed by atoms with Crippen LogP contribution in [0.2, 0.25) is 0 Å². The highest BCUT2D eigenvalue weighted by Gasteiger charge is 2.24. The largest absolute Gasteiger partial charge is 0.342 e. The Morgan fingerprint density at radius 3 is 2.57 bits per heavy atom. The number of carbonyl (C=O) groups is 1. The third-order valence-electron chi connectivity index (χ3n) is 3.91. The van der Waals surface area contributed by atoms with Crippen molar-refractivity contribution in [2.75, 3.05) is 25.0 Å². The Balaban J connectivity index is 1.65. The van der Waals surface area contributed by atoms with Gasteiger partial charge in [-0.25, -0.2) is 19.9 Å². The Kier molecular flexibility index (Phi) is 4.72. The van der Waals surface area contributed by atoms with Crippen LogP contribution in [0.5, 0.6) is 0 Å². The third-order valence-corrected chi connectivity index (χ3v) is 3.91. The molecular formula is C15H19N7O. The SMILES string of the molecule is NCC(=O)N1CCC(c2ccnc(Nc3ncccn3)n2)CC1. The van der Waals surface area contributed by atoms with Crippen LogP contribution < -0.4 is 11.1 Å². The summed E-state index contributed by atoms with van der Waals surface area (Å²) in [6.07, 6.45) is 6.80. The summed E-state index contributed by atoms with van der Waals surface area (Å²) in [5, 5.41) is 2.99. The Morgan fingerprint density at radius 2 is 1.87 bits per heavy atom. The molecule has 0 aromatic carbocycles. The average molecular weight is 313 g/mol. The second-order valence-electron chi connectivity index (χ2n) is 5.36. The van der Waals surface area contributed by atoms with Crippen molar-refractivity contribution >= 4 is 17.8 Å². The van der Waals surface area contributed by atoms with Crippen molar-refractivity contribution in [1.82, 2.24) is 24.8 Å². The van der Waals surface area contributed by atoms with Crippen LogP contribution in [0.3, 0.4) is 0 Å². The summed E-state index contributed by atoms with van der Waals surface area (Å²) in [6.45, 7) is 1.51. The number of hydrogen-bond acceptors (Lipinski definition) is 7. The van der Waals surface area contributed by atoms with Crippen molar-refractivity contribution in [2.24, 2.45) is 5.73 Å². The summed E-state index contributed by atoms with van der Waals surface area (Å²) < 4.78 is 0. The van der Waals surface area contributed by atoms with E-state index in [4.69, 9.17) is 5.73 Å². The minimum absolute atomic E-state index is 0.00900. The summed E-state index contributed by atoms with van der Waals surface area (Å²) in [7, 11) is 0. The van der Waals surface area contributed by atoms with E-state index in [-0.39, 0.29) is 12.5 Å². The highest BCUT2D eigenvalue weighted by molar-refractivity contribution is 5.78. The van der Waals surface area contributed by atoms with Gasteiger partial charge in [0.2, 0.25) is 17.8 Å². The van der Waals surface area contributed by atoms with Gasteiger partial charge in [-0.05, 0) is 25.0 Å². The fraction of sp³-hybridized carbons (Fsp3) is 0.400. The molecule has 1 aliphatic heterocycles. The lowest BCUT2D eigenvalue weighted by Gasteiger charge is -2.31. The topological polar surface area (TPSA) is 110 Å². The molecule has 8 nitrogen and oxygen atoms in total. The molecule has 120 valence electrons. The number of nitrogens with two attached hydrogens (primary N) is 1. The number of aromatic nitrogens is 4. The molecule has 1 saturated heterocycles. The van der Waals surface area contributed by atoms with Gasteiger partial charge in [0.25, 0.3) is 0 Å². The quantitative estimate of drug-likeness (QED) is 0.853. The van der Waals surface area contributed by atoms with Gasteiger partial charge >= 0.3 is 0 Å². The molecule has 3 heterocycles. The molecule has 2 aromatic heterocycles. The van der Waals surface area contributed by atoms with Gasteiger partial charge in [0, 0.05) is 43.3 Å². The third kappa shape index (κ3) is 3.78. The fourth-order valence-corrected chi connectivity index (χ4v) is 2.68. The molecule has 0 saturated carbocycles. The zero-order chi connectivity index (χ0) is 16.1. The van der Waals surface area contributed by atoms with E-state index in [0.29, 0.717) is 17.8 Å². The van der Waals surface area contributed by atoms with Crippen LogP contribution in [0.25, 0.3) is 0 Å². The maximum absolute atomic E-state index is 11.6. The molecule has 1 aliphatic rings. The van der Waals surface area contributed by atoms with E-state index in [9.17, 15) is 4.79 Å². The van der Waals surface area contributed by atoms with Gasteiger partial charge in [-0.2, -0.15) is 0 Å². The molecule has 2 aromatic rings. The number of nitrogens with zero attached hydrogens (tertiary/aromatic N) is 5. The molecule has 0 radical (unpaired) electrons. The van der Waals surface area contributed by atoms with Crippen LogP contribution in [0.4, 0.5) is 11.9 Å². The molecule has 0 aliphatic carbocycles. The van der Waals surface area contributed by atoms with E-state index in [1.807, 2.05) is 11.0 Å². The van der Waals surface area contributed by atoms with Gasteiger partial charge in [0.15, 0.2) is 0 Å². The van der Waals surface area contributed by atoms with Crippen molar-refractivity contribution < 1.29 is 4.79 Å². The van der Waals surface area contributed by atoms with E-state index < -0.39 is 0 Å². The lowest BCUT2D eigenvalue weighted by atomic mass is 9.93. The van der Waals surface area contributed by atoms with Gasteiger partial charge in [0.05, 0.1) is 6.54 Å². The van der Waals surface area contributed by atoms with Crippen molar-refractivity contribution in [2.45, 2.75) is 18.8 Å². The number of hydrogen-bond donors (Lipinski definition) is 2.